The molecule has 0 bridgehead atoms. The minimum absolute atomic E-state index is 0.169. The molecule has 2 aromatic carbocycles. The van der Waals surface area contributed by atoms with Gasteiger partial charge < -0.3 is 5.32 Å². The molecule has 0 aliphatic carbocycles. The number of aryl methyl sites for hydroxylation is 2. The lowest BCUT2D eigenvalue weighted by atomic mass is 10.1. The van der Waals surface area contributed by atoms with Gasteiger partial charge in [-0.3, -0.25) is 4.79 Å². The van der Waals surface area contributed by atoms with Crippen molar-refractivity contribution in [2.45, 2.75) is 50.8 Å². The Morgan fingerprint density at radius 1 is 0.909 bits per heavy atom. The van der Waals surface area contributed by atoms with E-state index in [0.717, 1.165) is 48.2 Å². The first-order chi connectivity index (χ1) is 15.8. The van der Waals surface area contributed by atoms with Gasteiger partial charge in [0.25, 0.3) is 5.91 Å². The number of sulfonamides is 1. The van der Waals surface area contributed by atoms with E-state index >= 15 is 0 Å². The number of carbonyl (C=O) groups excluding carboxylic acids is 1. The standard InChI is InChI=1S/C25H30N4O3S/c1-18-19(2)28-24-17-21(9-12-23(24)27-18)25(30)26-14-13-20-7-10-22(11-8-20)33(31,32)29-15-5-3-4-6-16-29/h7-12,17H,3-6,13-16H2,1-2H3,(H,26,30). The van der Waals surface area contributed by atoms with Crippen LogP contribution >= 0.6 is 0 Å². The highest BCUT2D eigenvalue weighted by Gasteiger charge is 2.24. The first-order valence-corrected chi connectivity index (χ1v) is 12.9. The van der Waals surface area contributed by atoms with Crippen LogP contribution in [0.4, 0.5) is 0 Å². The van der Waals surface area contributed by atoms with Gasteiger partial charge in [0.05, 0.1) is 27.3 Å². The molecule has 4 rings (SSSR count). The summed E-state index contributed by atoms with van der Waals surface area (Å²) in [6.07, 6.45) is 4.62. The van der Waals surface area contributed by atoms with Crippen LogP contribution in [-0.2, 0) is 16.4 Å². The van der Waals surface area contributed by atoms with Gasteiger partial charge in [-0.1, -0.05) is 25.0 Å². The van der Waals surface area contributed by atoms with Crippen molar-refractivity contribution < 1.29 is 13.2 Å². The molecule has 8 heteroatoms. The number of amides is 1. The van der Waals surface area contributed by atoms with Crippen LogP contribution in [0.3, 0.4) is 0 Å². The number of hydrogen-bond donors (Lipinski definition) is 1. The zero-order valence-corrected chi connectivity index (χ0v) is 20.0. The maximum atomic E-state index is 12.9. The molecule has 174 valence electrons. The van der Waals surface area contributed by atoms with Crippen molar-refractivity contribution in [1.29, 1.82) is 0 Å². The van der Waals surface area contributed by atoms with Crippen LogP contribution in [0.2, 0.25) is 0 Å². The van der Waals surface area contributed by atoms with E-state index in [1.165, 1.54) is 0 Å². The van der Waals surface area contributed by atoms with Crippen molar-refractivity contribution in [3.63, 3.8) is 0 Å². The molecular formula is C25H30N4O3S. The van der Waals surface area contributed by atoms with Gasteiger partial charge >= 0.3 is 0 Å². The number of carbonyl (C=O) groups is 1. The Bertz CT molecular complexity index is 1250. The van der Waals surface area contributed by atoms with Gasteiger partial charge in [0.2, 0.25) is 10.0 Å². The third kappa shape index (κ3) is 5.39. The summed E-state index contributed by atoms with van der Waals surface area (Å²) in [5.41, 5.74) is 4.71. The average molecular weight is 467 g/mol. The Hall–Kier alpha value is -2.84. The van der Waals surface area contributed by atoms with E-state index < -0.39 is 10.0 Å². The van der Waals surface area contributed by atoms with Crippen molar-refractivity contribution in [3.05, 3.63) is 65.0 Å². The van der Waals surface area contributed by atoms with E-state index in [-0.39, 0.29) is 5.91 Å². The zero-order valence-electron chi connectivity index (χ0n) is 19.2. The van der Waals surface area contributed by atoms with Crippen LogP contribution in [-0.4, -0.2) is 48.2 Å². The van der Waals surface area contributed by atoms with Gasteiger partial charge in [-0.2, -0.15) is 4.31 Å². The minimum Gasteiger partial charge on any atom is -0.352 e. The Morgan fingerprint density at radius 2 is 1.55 bits per heavy atom. The van der Waals surface area contributed by atoms with E-state index in [9.17, 15) is 13.2 Å². The predicted octanol–water partition coefficient (Wildman–Crippen LogP) is 3.78. The highest BCUT2D eigenvalue weighted by Crippen LogP contribution is 2.21. The van der Waals surface area contributed by atoms with Gasteiger partial charge in [0, 0.05) is 25.2 Å². The molecule has 2 heterocycles. The monoisotopic (exact) mass is 466 g/mol. The lowest BCUT2D eigenvalue weighted by Crippen LogP contribution is -2.31. The fourth-order valence-electron chi connectivity index (χ4n) is 4.05. The fraction of sp³-hybridized carbons (Fsp3) is 0.400. The quantitative estimate of drug-likeness (QED) is 0.597. The number of hydrogen-bond acceptors (Lipinski definition) is 5. The average Bonchev–Trinajstić information content (AvgIpc) is 3.10. The molecular weight excluding hydrogens is 436 g/mol. The summed E-state index contributed by atoms with van der Waals surface area (Å²) in [6, 6.07) is 12.3. The van der Waals surface area contributed by atoms with Gasteiger partial charge in [-0.05, 0) is 69.0 Å². The molecule has 0 radical (unpaired) electrons. The molecule has 1 N–H and O–H groups in total. The third-order valence-corrected chi connectivity index (χ3v) is 8.08. The first kappa shape index (κ1) is 23.3. The van der Waals surface area contributed by atoms with Crippen molar-refractivity contribution in [1.82, 2.24) is 19.6 Å². The maximum Gasteiger partial charge on any atom is 0.251 e. The maximum absolute atomic E-state index is 12.9. The molecule has 3 aromatic rings. The van der Waals surface area contributed by atoms with Crippen LogP contribution in [0.5, 0.6) is 0 Å². The number of nitrogens with zero attached hydrogens (tertiary/aromatic N) is 3. The Kier molecular flexibility index (Phi) is 7.05. The third-order valence-electron chi connectivity index (χ3n) is 6.16. The van der Waals surface area contributed by atoms with Crippen molar-refractivity contribution >= 4 is 27.0 Å². The lowest BCUT2D eigenvalue weighted by Gasteiger charge is -2.20. The molecule has 1 saturated heterocycles. The summed E-state index contributed by atoms with van der Waals surface area (Å²) < 4.78 is 27.4. The highest BCUT2D eigenvalue weighted by atomic mass is 32.2. The SMILES string of the molecule is Cc1nc2ccc(C(=O)NCCc3ccc(S(=O)(=O)N4CCCCCC4)cc3)cc2nc1C. The highest BCUT2D eigenvalue weighted by molar-refractivity contribution is 7.89. The molecule has 0 saturated carbocycles. The van der Waals surface area contributed by atoms with E-state index in [4.69, 9.17) is 0 Å². The van der Waals surface area contributed by atoms with Gasteiger partial charge in [0.1, 0.15) is 0 Å². The fourth-order valence-corrected chi connectivity index (χ4v) is 5.57. The van der Waals surface area contributed by atoms with E-state index in [1.807, 2.05) is 32.0 Å². The van der Waals surface area contributed by atoms with Crippen LogP contribution in [0, 0.1) is 13.8 Å². The molecule has 0 atom stereocenters. The van der Waals surface area contributed by atoms with Gasteiger partial charge in [-0.25, -0.2) is 18.4 Å². The molecule has 1 aromatic heterocycles. The molecule has 0 unspecified atom stereocenters. The summed E-state index contributed by atoms with van der Waals surface area (Å²) in [4.78, 5) is 21.9. The van der Waals surface area contributed by atoms with Crippen LogP contribution in [0.25, 0.3) is 11.0 Å². The summed E-state index contributed by atoms with van der Waals surface area (Å²) >= 11 is 0. The minimum atomic E-state index is -3.44. The molecule has 1 aliphatic heterocycles. The summed E-state index contributed by atoms with van der Waals surface area (Å²) in [6.45, 7) is 5.46. The number of fused-ring (bicyclic) bond motifs is 1. The number of benzene rings is 2. The van der Waals surface area contributed by atoms with Crippen molar-refractivity contribution in [3.8, 4) is 0 Å². The smallest absolute Gasteiger partial charge is 0.251 e. The second kappa shape index (κ2) is 9.97. The molecule has 1 amide bonds. The molecule has 33 heavy (non-hydrogen) atoms. The van der Waals surface area contributed by atoms with Crippen molar-refractivity contribution in [2.75, 3.05) is 19.6 Å². The normalized spacial score (nSPS) is 15.3. The van der Waals surface area contributed by atoms with Gasteiger partial charge in [-0.15, -0.1) is 0 Å². The number of aromatic nitrogens is 2. The molecule has 1 fully saturated rings. The lowest BCUT2D eigenvalue weighted by molar-refractivity contribution is 0.0954. The summed E-state index contributed by atoms with van der Waals surface area (Å²) in [7, 11) is -3.44. The second-order valence-corrected chi connectivity index (χ2v) is 10.5. The Labute approximate surface area is 195 Å². The number of rotatable bonds is 6. The van der Waals surface area contributed by atoms with Crippen molar-refractivity contribution in [2.24, 2.45) is 0 Å². The van der Waals surface area contributed by atoms with E-state index in [1.54, 1.807) is 28.6 Å². The molecule has 1 aliphatic rings. The van der Waals surface area contributed by atoms with Crippen LogP contribution in [0.1, 0.15) is 53.0 Å². The Morgan fingerprint density at radius 3 is 2.21 bits per heavy atom. The largest absolute Gasteiger partial charge is 0.352 e. The topological polar surface area (TPSA) is 92.3 Å². The predicted molar refractivity (Wildman–Crippen MR) is 129 cm³/mol. The molecule has 0 spiro atoms. The Balaban J connectivity index is 1.35. The van der Waals surface area contributed by atoms with Crippen LogP contribution in [0.15, 0.2) is 47.4 Å². The van der Waals surface area contributed by atoms with Gasteiger partial charge in [0.15, 0.2) is 0 Å². The van der Waals surface area contributed by atoms with E-state index in [2.05, 4.69) is 15.3 Å². The zero-order chi connectivity index (χ0) is 23.4. The molecule has 7 nitrogen and oxygen atoms in total. The number of nitrogens with one attached hydrogen (secondary N) is 1. The van der Waals surface area contributed by atoms with Crippen LogP contribution < -0.4 is 5.32 Å². The second-order valence-electron chi connectivity index (χ2n) is 8.57. The summed E-state index contributed by atoms with van der Waals surface area (Å²) in [5, 5.41) is 2.93. The van der Waals surface area contributed by atoms with E-state index in [0.29, 0.717) is 42.0 Å². The summed E-state index contributed by atoms with van der Waals surface area (Å²) in [5.74, 6) is -0.169. The first-order valence-electron chi connectivity index (χ1n) is 11.5.